The smallest absolute Gasteiger partial charge is 0.306 e. The molecule has 0 N–H and O–H groups in total. The van der Waals surface area contributed by atoms with Gasteiger partial charge in [-0.05, 0) is 12.1 Å². The normalized spacial score (nSPS) is 11.7. The lowest BCUT2D eigenvalue weighted by molar-refractivity contribution is -0.140. The van der Waals surface area contributed by atoms with Crippen LogP contribution in [0.15, 0.2) is 17.0 Å². The third-order valence-electron chi connectivity index (χ3n) is 2.13. The number of benzene rings is 1. The monoisotopic (exact) mass is 271 g/mol. The summed E-state index contributed by atoms with van der Waals surface area (Å²) in [5.74, 6) is -2.04. The Morgan fingerprint density at radius 2 is 2.06 bits per heavy atom. The number of carbonyl (C=O) groups is 1. The molecule has 1 unspecified atom stereocenters. The first-order valence-corrected chi connectivity index (χ1v) is 5.98. The number of nitrogens with zero attached hydrogens (tertiary/aromatic N) is 1. The fraction of sp³-hybridized carbons (Fsp3) is 0.333. The van der Waals surface area contributed by atoms with Crippen molar-refractivity contribution in [3.63, 3.8) is 0 Å². The predicted octanol–water partition coefficient (Wildman–Crippen LogP) is 2.88. The van der Waals surface area contributed by atoms with Crippen LogP contribution < -0.4 is 0 Å². The second-order valence-corrected chi connectivity index (χ2v) is 5.04. The zero-order valence-electron chi connectivity index (χ0n) is 9.87. The highest BCUT2D eigenvalue weighted by Crippen LogP contribution is 2.31. The van der Waals surface area contributed by atoms with Crippen molar-refractivity contribution in [3.05, 3.63) is 29.3 Å². The van der Waals surface area contributed by atoms with Crippen LogP contribution >= 0.6 is 11.8 Å². The Morgan fingerprint density at radius 1 is 1.50 bits per heavy atom. The molecule has 0 aromatic heterocycles. The quantitative estimate of drug-likeness (QED) is 0.624. The maximum atomic E-state index is 13.5. The molecule has 0 aliphatic heterocycles. The topological polar surface area (TPSA) is 50.1 Å². The summed E-state index contributed by atoms with van der Waals surface area (Å²) >= 11 is 0.899. The molecule has 0 bridgehead atoms. The summed E-state index contributed by atoms with van der Waals surface area (Å²) in [5.41, 5.74) is -0.0741. The average molecular weight is 271 g/mol. The molecule has 1 rings (SSSR count). The molecule has 0 amide bonds. The molecule has 0 heterocycles. The van der Waals surface area contributed by atoms with Gasteiger partial charge in [-0.1, -0.05) is 6.92 Å². The van der Waals surface area contributed by atoms with E-state index < -0.39 is 17.6 Å². The van der Waals surface area contributed by atoms with Gasteiger partial charge in [-0.25, -0.2) is 8.78 Å². The molecule has 96 valence electrons. The molecular formula is C12H11F2NO2S. The number of esters is 1. The highest BCUT2D eigenvalue weighted by atomic mass is 32.2. The van der Waals surface area contributed by atoms with E-state index in [0.29, 0.717) is 0 Å². The van der Waals surface area contributed by atoms with E-state index in [1.807, 2.05) is 0 Å². The molecule has 0 aliphatic rings. The minimum absolute atomic E-state index is 0.0556. The van der Waals surface area contributed by atoms with Gasteiger partial charge < -0.3 is 4.74 Å². The van der Waals surface area contributed by atoms with Crippen LogP contribution in [-0.2, 0) is 9.53 Å². The number of halogens is 2. The van der Waals surface area contributed by atoms with E-state index in [4.69, 9.17) is 5.26 Å². The standard InChI is InChI=1S/C12H11F2NO2S/c1-7(3-11(16)17-2)18-12-9(13)4-8(6-15)5-10(12)14/h4-5,7H,3H2,1-2H3. The second kappa shape index (κ2) is 6.36. The lowest BCUT2D eigenvalue weighted by atomic mass is 10.2. The first kappa shape index (κ1) is 14.5. The highest BCUT2D eigenvalue weighted by Gasteiger charge is 2.17. The lowest BCUT2D eigenvalue weighted by Gasteiger charge is -2.11. The van der Waals surface area contributed by atoms with Crippen LogP contribution in [0.2, 0.25) is 0 Å². The maximum Gasteiger partial charge on any atom is 0.306 e. The van der Waals surface area contributed by atoms with Crippen LogP contribution in [0.1, 0.15) is 18.9 Å². The number of carbonyl (C=O) groups excluding carboxylic acids is 1. The van der Waals surface area contributed by atoms with Gasteiger partial charge in [0.1, 0.15) is 11.6 Å². The van der Waals surface area contributed by atoms with Gasteiger partial charge in [0.25, 0.3) is 0 Å². The van der Waals surface area contributed by atoms with Crippen molar-refractivity contribution >= 4 is 17.7 Å². The zero-order valence-corrected chi connectivity index (χ0v) is 10.7. The molecule has 6 heteroatoms. The van der Waals surface area contributed by atoms with Crippen molar-refractivity contribution < 1.29 is 18.3 Å². The Balaban J connectivity index is 2.85. The fourth-order valence-corrected chi connectivity index (χ4v) is 2.26. The van der Waals surface area contributed by atoms with Crippen LogP contribution in [0.4, 0.5) is 8.78 Å². The first-order valence-electron chi connectivity index (χ1n) is 5.10. The van der Waals surface area contributed by atoms with Crippen molar-refractivity contribution in [1.82, 2.24) is 0 Å². The summed E-state index contributed by atoms with van der Waals surface area (Å²) in [6, 6.07) is 3.60. The van der Waals surface area contributed by atoms with E-state index in [9.17, 15) is 13.6 Å². The summed E-state index contributed by atoms with van der Waals surface area (Å²) in [6.45, 7) is 1.67. The molecule has 1 atom stereocenters. The highest BCUT2D eigenvalue weighted by molar-refractivity contribution is 8.00. The third-order valence-corrected chi connectivity index (χ3v) is 3.32. The second-order valence-electron chi connectivity index (χ2n) is 3.59. The Labute approximate surface area is 108 Å². The van der Waals surface area contributed by atoms with Gasteiger partial charge in [-0.3, -0.25) is 4.79 Å². The van der Waals surface area contributed by atoms with Gasteiger partial charge in [0.15, 0.2) is 0 Å². The first-order chi connectivity index (χ1) is 8.47. The SMILES string of the molecule is COC(=O)CC(C)Sc1c(F)cc(C#N)cc1F. The maximum absolute atomic E-state index is 13.5. The summed E-state index contributed by atoms with van der Waals surface area (Å²) in [5, 5.41) is 8.23. The molecule has 1 aromatic carbocycles. The van der Waals surface area contributed by atoms with Crippen LogP contribution in [0.5, 0.6) is 0 Å². The zero-order chi connectivity index (χ0) is 13.7. The molecule has 18 heavy (non-hydrogen) atoms. The summed E-state index contributed by atoms with van der Waals surface area (Å²) in [7, 11) is 1.25. The van der Waals surface area contributed by atoms with E-state index in [1.165, 1.54) is 7.11 Å². The number of hydrogen-bond acceptors (Lipinski definition) is 4. The van der Waals surface area contributed by atoms with E-state index in [1.54, 1.807) is 13.0 Å². The van der Waals surface area contributed by atoms with Crippen LogP contribution in [0, 0.1) is 23.0 Å². The molecule has 3 nitrogen and oxygen atoms in total. The molecule has 0 aliphatic carbocycles. The number of nitriles is 1. The van der Waals surface area contributed by atoms with Crippen molar-refractivity contribution in [3.8, 4) is 6.07 Å². The molecule has 1 aromatic rings. The van der Waals surface area contributed by atoms with Crippen LogP contribution in [-0.4, -0.2) is 18.3 Å². The van der Waals surface area contributed by atoms with Crippen molar-refractivity contribution in [2.75, 3.05) is 7.11 Å². The van der Waals surface area contributed by atoms with E-state index in [0.717, 1.165) is 23.9 Å². The molecule has 0 radical (unpaired) electrons. The van der Waals surface area contributed by atoms with E-state index in [2.05, 4.69) is 4.74 Å². The minimum Gasteiger partial charge on any atom is -0.469 e. The number of ether oxygens (including phenoxy) is 1. The van der Waals surface area contributed by atoms with Crippen LogP contribution in [0.3, 0.4) is 0 Å². The van der Waals surface area contributed by atoms with Gasteiger partial charge >= 0.3 is 5.97 Å². The molecular weight excluding hydrogens is 260 g/mol. The average Bonchev–Trinajstić information content (AvgIpc) is 2.33. The molecule has 0 spiro atoms. The van der Waals surface area contributed by atoms with E-state index >= 15 is 0 Å². The van der Waals surface area contributed by atoms with Crippen molar-refractivity contribution in [2.45, 2.75) is 23.5 Å². The van der Waals surface area contributed by atoms with Crippen LogP contribution in [0.25, 0.3) is 0 Å². The number of thioether (sulfide) groups is 1. The Bertz CT molecular complexity index is 476. The Morgan fingerprint density at radius 3 is 2.50 bits per heavy atom. The van der Waals surface area contributed by atoms with E-state index in [-0.39, 0.29) is 22.1 Å². The van der Waals surface area contributed by atoms with Crippen molar-refractivity contribution in [2.24, 2.45) is 0 Å². The van der Waals surface area contributed by atoms with Gasteiger partial charge in [0.2, 0.25) is 0 Å². The summed E-state index contributed by atoms with van der Waals surface area (Å²) in [4.78, 5) is 10.8. The van der Waals surface area contributed by atoms with Gasteiger partial charge in [-0.2, -0.15) is 5.26 Å². The van der Waals surface area contributed by atoms with Gasteiger partial charge in [0, 0.05) is 5.25 Å². The molecule has 0 fully saturated rings. The van der Waals surface area contributed by atoms with Crippen molar-refractivity contribution in [1.29, 1.82) is 5.26 Å². The number of methoxy groups -OCH3 is 1. The van der Waals surface area contributed by atoms with Gasteiger partial charge in [-0.15, -0.1) is 11.8 Å². The summed E-state index contributed by atoms with van der Waals surface area (Å²) in [6.07, 6.45) is 0.0556. The number of rotatable bonds is 4. The minimum atomic E-state index is -0.798. The predicted molar refractivity (Wildman–Crippen MR) is 63.0 cm³/mol. The molecule has 0 saturated carbocycles. The van der Waals surface area contributed by atoms with Gasteiger partial charge in [0.05, 0.1) is 30.1 Å². The third kappa shape index (κ3) is 3.70. The summed E-state index contributed by atoms with van der Waals surface area (Å²) < 4.78 is 31.6. The fourth-order valence-electron chi connectivity index (χ4n) is 1.30. The molecule has 0 saturated heterocycles. The Kier molecular flexibility index (Phi) is 5.10. The number of hydrogen-bond donors (Lipinski definition) is 0. The lowest BCUT2D eigenvalue weighted by Crippen LogP contribution is -2.09. The largest absolute Gasteiger partial charge is 0.469 e. The Hall–Kier alpha value is -1.61.